The monoisotopic (exact) mass is 317 g/mol. The van der Waals surface area contributed by atoms with Gasteiger partial charge in [-0.1, -0.05) is 12.1 Å². The van der Waals surface area contributed by atoms with Crippen LogP contribution in [-0.2, 0) is 20.9 Å². The Bertz CT molecular complexity index is 553. The van der Waals surface area contributed by atoms with Crippen molar-refractivity contribution in [2.45, 2.75) is 31.9 Å². The van der Waals surface area contributed by atoms with Gasteiger partial charge in [0.25, 0.3) is 0 Å². The lowest BCUT2D eigenvalue weighted by Crippen LogP contribution is -2.41. The van der Waals surface area contributed by atoms with Crippen molar-refractivity contribution < 1.29 is 14.3 Å². The summed E-state index contributed by atoms with van der Waals surface area (Å²) in [5, 5.41) is 6.13. The lowest BCUT2D eigenvalue weighted by atomic mass is 10.1. The van der Waals surface area contributed by atoms with Crippen LogP contribution in [0.4, 0.5) is 5.69 Å². The number of hydrogen-bond acceptors (Lipinski definition) is 4. The number of carbonyl (C=O) groups is 2. The lowest BCUT2D eigenvalue weighted by Gasteiger charge is -2.23. The van der Waals surface area contributed by atoms with Crippen molar-refractivity contribution in [1.82, 2.24) is 10.6 Å². The van der Waals surface area contributed by atoms with E-state index in [0.29, 0.717) is 26.0 Å². The van der Waals surface area contributed by atoms with E-state index in [-0.39, 0.29) is 17.9 Å². The topological polar surface area (TPSA) is 70.7 Å². The molecular formula is C17H23N3O3. The summed E-state index contributed by atoms with van der Waals surface area (Å²) >= 11 is 0. The quantitative estimate of drug-likeness (QED) is 0.843. The number of ether oxygens (including phenoxy) is 1. The molecule has 0 spiro atoms. The first-order valence-corrected chi connectivity index (χ1v) is 8.21. The van der Waals surface area contributed by atoms with E-state index >= 15 is 0 Å². The summed E-state index contributed by atoms with van der Waals surface area (Å²) in [5.74, 6) is 0.185. The van der Waals surface area contributed by atoms with Gasteiger partial charge < -0.3 is 20.3 Å². The van der Waals surface area contributed by atoms with E-state index in [2.05, 4.69) is 10.6 Å². The average Bonchev–Trinajstić information content (AvgIpc) is 3.00. The van der Waals surface area contributed by atoms with Gasteiger partial charge in [-0.2, -0.15) is 0 Å². The van der Waals surface area contributed by atoms with Crippen LogP contribution in [0, 0.1) is 0 Å². The Balaban J connectivity index is 1.46. The maximum absolute atomic E-state index is 11.9. The van der Waals surface area contributed by atoms with Gasteiger partial charge in [0.2, 0.25) is 11.8 Å². The molecule has 0 saturated carbocycles. The first kappa shape index (κ1) is 16.0. The number of rotatable bonds is 5. The molecule has 0 radical (unpaired) electrons. The van der Waals surface area contributed by atoms with Crippen LogP contribution in [0.25, 0.3) is 0 Å². The average molecular weight is 317 g/mol. The van der Waals surface area contributed by atoms with Crippen LogP contribution in [-0.4, -0.2) is 44.2 Å². The van der Waals surface area contributed by atoms with E-state index in [9.17, 15) is 9.59 Å². The third-order valence-electron chi connectivity index (χ3n) is 4.23. The van der Waals surface area contributed by atoms with Gasteiger partial charge in [0.15, 0.2) is 0 Å². The zero-order valence-corrected chi connectivity index (χ0v) is 13.2. The molecule has 0 aromatic heterocycles. The molecule has 1 atom stereocenters. The van der Waals surface area contributed by atoms with Crippen molar-refractivity contribution in [2.75, 3.05) is 31.1 Å². The zero-order valence-electron chi connectivity index (χ0n) is 13.2. The Hall–Kier alpha value is -1.92. The molecule has 1 aromatic rings. The fraction of sp³-hybridized carbons (Fsp3) is 0.529. The molecule has 2 fully saturated rings. The van der Waals surface area contributed by atoms with Gasteiger partial charge in [0, 0.05) is 38.3 Å². The molecule has 3 rings (SSSR count). The second-order valence-electron chi connectivity index (χ2n) is 5.99. The third kappa shape index (κ3) is 4.30. The predicted octanol–water partition coefficient (Wildman–Crippen LogP) is 0.808. The van der Waals surface area contributed by atoms with Gasteiger partial charge in [0.1, 0.15) is 0 Å². The molecule has 2 amide bonds. The second kappa shape index (κ2) is 7.57. The summed E-state index contributed by atoms with van der Waals surface area (Å²) in [6.07, 6.45) is 1.91. The highest BCUT2D eigenvalue weighted by Gasteiger charge is 2.21. The SMILES string of the molecule is O=C(C[C@@H]1CNCCO1)NCc1ccc(N2CCCC2=O)cc1. The van der Waals surface area contributed by atoms with E-state index in [1.165, 1.54) is 0 Å². The summed E-state index contributed by atoms with van der Waals surface area (Å²) in [6.45, 7) is 3.53. The minimum Gasteiger partial charge on any atom is -0.375 e. The normalized spacial score (nSPS) is 21.5. The number of nitrogens with zero attached hydrogens (tertiary/aromatic N) is 1. The smallest absolute Gasteiger partial charge is 0.227 e. The molecule has 2 N–H and O–H groups in total. The second-order valence-corrected chi connectivity index (χ2v) is 5.99. The molecule has 0 bridgehead atoms. The highest BCUT2D eigenvalue weighted by molar-refractivity contribution is 5.95. The molecule has 2 saturated heterocycles. The lowest BCUT2D eigenvalue weighted by molar-refractivity contribution is -0.124. The molecule has 0 unspecified atom stereocenters. The minimum atomic E-state index is -0.0349. The van der Waals surface area contributed by atoms with Crippen LogP contribution in [0.3, 0.4) is 0 Å². The minimum absolute atomic E-state index is 0.00232. The molecule has 0 aliphatic carbocycles. The van der Waals surface area contributed by atoms with Gasteiger partial charge in [0.05, 0.1) is 19.1 Å². The van der Waals surface area contributed by atoms with E-state index in [1.807, 2.05) is 29.2 Å². The Morgan fingerprint density at radius 2 is 2.17 bits per heavy atom. The van der Waals surface area contributed by atoms with Gasteiger partial charge in [-0.25, -0.2) is 0 Å². The Kier molecular flexibility index (Phi) is 5.25. The van der Waals surface area contributed by atoms with Crippen molar-refractivity contribution >= 4 is 17.5 Å². The number of amides is 2. The Morgan fingerprint density at radius 1 is 1.35 bits per heavy atom. The molecule has 2 heterocycles. The summed E-state index contributed by atoms with van der Waals surface area (Å²) in [7, 11) is 0. The van der Waals surface area contributed by atoms with E-state index < -0.39 is 0 Å². The molecule has 2 aliphatic heterocycles. The van der Waals surface area contributed by atoms with Gasteiger partial charge >= 0.3 is 0 Å². The number of hydrogen-bond donors (Lipinski definition) is 2. The van der Waals surface area contributed by atoms with Crippen LogP contribution in [0.2, 0.25) is 0 Å². The molecule has 6 nitrogen and oxygen atoms in total. The summed E-state index contributed by atoms with van der Waals surface area (Å²) in [4.78, 5) is 25.5. The van der Waals surface area contributed by atoms with Crippen LogP contribution in [0.15, 0.2) is 24.3 Å². The van der Waals surface area contributed by atoms with Crippen molar-refractivity contribution in [1.29, 1.82) is 0 Å². The highest BCUT2D eigenvalue weighted by atomic mass is 16.5. The number of anilines is 1. The van der Waals surface area contributed by atoms with E-state index in [0.717, 1.165) is 37.3 Å². The first-order chi connectivity index (χ1) is 11.2. The maximum Gasteiger partial charge on any atom is 0.227 e. The molecule has 2 aliphatic rings. The summed E-state index contributed by atoms with van der Waals surface area (Å²) < 4.78 is 5.52. The molecule has 1 aromatic carbocycles. The molecule has 23 heavy (non-hydrogen) atoms. The molecule has 124 valence electrons. The molecule has 6 heteroatoms. The van der Waals surface area contributed by atoms with Gasteiger partial charge in [-0.3, -0.25) is 9.59 Å². The summed E-state index contributed by atoms with van der Waals surface area (Å²) in [5.41, 5.74) is 1.96. The zero-order chi connectivity index (χ0) is 16.1. The number of morpholine rings is 1. The summed E-state index contributed by atoms with van der Waals surface area (Å²) in [6, 6.07) is 7.80. The predicted molar refractivity (Wildman–Crippen MR) is 87.1 cm³/mol. The third-order valence-corrected chi connectivity index (χ3v) is 4.23. The number of carbonyl (C=O) groups excluding carboxylic acids is 2. The van der Waals surface area contributed by atoms with Crippen LogP contribution in [0.5, 0.6) is 0 Å². The van der Waals surface area contributed by atoms with Gasteiger partial charge in [-0.05, 0) is 24.1 Å². The van der Waals surface area contributed by atoms with E-state index in [1.54, 1.807) is 0 Å². The highest BCUT2D eigenvalue weighted by Crippen LogP contribution is 2.21. The fourth-order valence-corrected chi connectivity index (χ4v) is 2.95. The van der Waals surface area contributed by atoms with Crippen LogP contribution in [0.1, 0.15) is 24.8 Å². The van der Waals surface area contributed by atoms with Crippen molar-refractivity contribution in [3.8, 4) is 0 Å². The number of nitrogens with one attached hydrogen (secondary N) is 2. The Morgan fingerprint density at radius 3 is 2.83 bits per heavy atom. The van der Waals surface area contributed by atoms with Gasteiger partial charge in [-0.15, -0.1) is 0 Å². The van der Waals surface area contributed by atoms with E-state index in [4.69, 9.17) is 4.74 Å². The van der Waals surface area contributed by atoms with Crippen LogP contribution < -0.4 is 15.5 Å². The van der Waals surface area contributed by atoms with Crippen LogP contribution >= 0.6 is 0 Å². The standard InChI is InChI=1S/C17H23N3O3/c21-16(10-15-12-18-7-9-23-15)19-11-13-3-5-14(6-4-13)20-8-1-2-17(20)22/h3-6,15,18H,1-2,7-12H2,(H,19,21)/t15-/m1/s1. The number of benzene rings is 1. The molecular weight excluding hydrogens is 294 g/mol. The van der Waals surface area contributed by atoms with Crippen molar-refractivity contribution in [3.63, 3.8) is 0 Å². The van der Waals surface area contributed by atoms with Crippen molar-refractivity contribution in [2.24, 2.45) is 0 Å². The largest absolute Gasteiger partial charge is 0.375 e. The Labute approximate surface area is 136 Å². The maximum atomic E-state index is 11.9. The fourth-order valence-electron chi connectivity index (χ4n) is 2.95. The van der Waals surface area contributed by atoms with Crippen molar-refractivity contribution in [3.05, 3.63) is 29.8 Å². The first-order valence-electron chi connectivity index (χ1n) is 8.21.